The first-order valence-electron chi connectivity index (χ1n) is 8.88. The van der Waals surface area contributed by atoms with Crippen LogP contribution >= 0.6 is 23.2 Å². The molecule has 2 aromatic heterocycles. The maximum absolute atomic E-state index is 12.7. The summed E-state index contributed by atoms with van der Waals surface area (Å²) >= 11 is 12.1. The molecule has 2 heterocycles. The molecule has 0 aliphatic carbocycles. The molecule has 4 rings (SSSR count). The lowest BCUT2D eigenvalue weighted by Crippen LogP contribution is -2.30. The smallest absolute Gasteiger partial charge is 0.265 e. The minimum atomic E-state index is -0.857. The van der Waals surface area contributed by atoms with E-state index in [-0.39, 0.29) is 10.6 Å². The highest BCUT2D eigenvalue weighted by Crippen LogP contribution is 2.32. The molecule has 10 heteroatoms. The van der Waals surface area contributed by atoms with Gasteiger partial charge in [-0.05, 0) is 31.2 Å². The van der Waals surface area contributed by atoms with E-state index in [1.165, 1.54) is 17.2 Å². The number of amides is 1. The average molecular weight is 444 g/mol. The molecular formula is C20H15Cl2N5O3. The molecule has 30 heavy (non-hydrogen) atoms. The number of halogens is 2. The molecule has 0 radical (unpaired) electrons. The molecule has 8 nitrogen and oxygen atoms in total. The van der Waals surface area contributed by atoms with Gasteiger partial charge in [0.15, 0.2) is 11.8 Å². The largest absolute Gasteiger partial charge is 0.479 e. The quantitative estimate of drug-likeness (QED) is 0.487. The van der Waals surface area contributed by atoms with Crippen molar-refractivity contribution in [3.8, 4) is 11.4 Å². The van der Waals surface area contributed by atoms with Crippen LogP contribution in [0.15, 0.2) is 59.8 Å². The first-order valence-corrected chi connectivity index (χ1v) is 9.63. The van der Waals surface area contributed by atoms with Crippen molar-refractivity contribution in [2.45, 2.75) is 13.0 Å². The van der Waals surface area contributed by atoms with E-state index in [0.717, 1.165) is 0 Å². The van der Waals surface area contributed by atoms with Crippen LogP contribution in [0, 0.1) is 0 Å². The maximum atomic E-state index is 12.7. The molecule has 0 aliphatic rings. The van der Waals surface area contributed by atoms with E-state index in [1.54, 1.807) is 49.4 Å². The van der Waals surface area contributed by atoms with Crippen LogP contribution in [-0.2, 0) is 4.79 Å². The van der Waals surface area contributed by atoms with Gasteiger partial charge >= 0.3 is 0 Å². The number of fused-ring (bicyclic) bond motifs is 1. The molecule has 1 amide bonds. The molecular weight excluding hydrogens is 429 g/mol. The third-order valence-corrected chi connectivity index (χ3v) is 5.15. The topological polar surface area (TPSA) is 102 Å². The van der Waals surface area contributed by atoms with Crippen molar-refractivity contribution in [2.24, 2.45) is 0 Å². The van der Waals surface area contributed by atoms with Crippen LogP contribution in [0.2, 0.25) is 10.0 Å². The monoisotopic (exact) mass is 443 g/mol. The molecule has 0 bridgehead atoms. The van der Waals surface area contributed by atoms with Gasteiger partial charge in [0, 0.05) is 0 Å². The Balaban J connectivity index is 1.61. The van der Waals surface area contributed by atoms with E-state index in [2.05, 4.69) is 20.4 Å². The molecule has 0 fully saturated rings. The fraction of sp³-hybridized carbons (Fsp3) is 0.100. The van der Waals surface area contributed by atoms with Crippen LogP contribution in [-0.4, -0.2) is 31.8 Å². The zero-order chi connectivity index (χ0) is 21.3. The summed E-state index contributed by atoms with van der Waals surface area (Å²) < 4.78 is 7.15. The van der Waals surface area contributed by atoms with Gasteiger partial charge in [-0.2, -0.15) is 5.10 Å². The number of carbonyl (C=O) groups excluding carboxylic acids is 1. The number of carbonyl (C=O) groups is 1. The first-order chi connectivity index (χ1) is 14.5. The van der Waals surface area contributed by atoms with E-state index in [1.807, 2.05) is 0 Å². The summed E-state index contributed by atoms with van der Waals surface area (Å²) in [4.78, 5) is 31.4. The number of hydrogen-bond acceptors (Lipinski definition) is 5. The standard InChI is InChI=1S/C20H15Cl2N5O3/c1-11(30-16-8-4-5-13(21)17(16)22)19(28)26-14-6-2-3-7-15(14)27-18-12(9-25-27)20(29)24-10-23-18/h2-11H,1H3,(H,26,28)(H,23,24,29). The summed E-state index contributed by atoms with van der Waals surface area (Å²) in [6, 6.07) is 12.0. The van der Waals surface area contributed by atoms with Crippen LogP contribution in [0.3, 0.4) is 0 Å². The van der Waals surface area contributed by atoms with Gasteiger partial charge in [0.2, 0.25) is 0 Å². The van der Waals surface area contributed by atoms with Gasteiger partial charge in [-0.1, -0.05) is 41.4 Å². The number of hydrogen-bond donors (Lipinski definition) is 2. The Bertz CT molecular complexity index is 1300. The molecule has 0 aliphatic heterocycles. The predicted molar refractivity (Wildman–Crippen MR) is 115 cm³/mol. The van der Waals surface area contributed by atoms with E-state index in [9.17, 15) is 9.59 Å². The van der Waals surface area contributed by atoms with Crippen molar-refractivity contribution in [2.75, 3.05) is 5.32 Å². The maximum Gasteiger partial charge on any atom is 0.265 e. The van der Waals surface area contributed by atoms with E-state index < -0.39 is 12.0 Å². The zero-order valence-corrected chi connectivity index (χ0v) is 17.1. The number of ether oxygens (including phenoxy) is 1. The van der Waals surface area contributed by atoms with Crippen LogP contribution < -0.4 is 15.6 Å². The Hall–Kier alpha value is -3.36. The number of H-pyrrole nitrogens is 1. The van der Waals surface area contributed by atoms with Crippen LogP contribution in [0.25, 0.3) is 16.7 Å². The van der Waals surface area contributed by atoms with Crippen LogP contribution in [0.5, 0.6) is 5.75 Å². The SMILES string of the molecule is CC(Oc1cccc(Cl)c1Cl)C(=O)Nc1ccccc1-n1ncc2c(=O)[nH]cnc21. The number of nitrogens with zero attached hydrogens (tertiary/aromatic N) is 3. The van der Waals surface area contributed by atoms with Crippen molar-refractivity contribution in [3.63, 3.8) is 0 Å². The average Bonchev–Trinajstić information content (AvgIpc) is 3.17. The summed E-state index contributed by atoms with van der Waals surface area (Å²) in [6.45, 7) is 1.60. The summed E-state index contributed by atoms with van der Waals surface area (Å²) in [6.07, 6.45) is 1.87. The third kappa shape index (κ3) is 3.74. The Morgan fingerprint density at radius 1 is 1.20 bits per heavy atom. The van der Waals surface area contributed by atoms with Crippen LogP contribution in [0.4, 0.5) is 5.69 Å². The first kappa shape index (κ1) is 19.9. The fourth-order valence-corrected chi connectivity index (χ4v) is 3.19. The van der Waals surface area contributed by atoms with E-state index in [4.69, 9.17) is 27.9 Å². The number of aromatic nitrogens is 4. The Morgan fingerprint density at radius 2 is 2.00 bits per heavy atom. The van der Waals surface area contributed by atoms with Crippen molar-refractivity contribution < 1.29 is 9.53 Å². The van der Waals surface area contributed by atoms with Crippen molar-refractivity contribution in [1.29, 1.82) is 0 Å². The molecule has 1 unspecified atom stereocenters. The van der Waals surface area contributed by atoms with Gasteiger partial charge in [-0.25, -0.2) is 9.67 Å². The third-order valence-electron chi connectivity index (χ3n) is 4.35. The second kappa shape index (κ2) is 8.17. The Morgan fingerprint density at radius 3 is 2.83 bits per heavy atom. The summed E-state index contributed by atoms with van der Waals surface area (Å²) in [7, 11) is 0. The van der Waals surface area contributed by atoms with Crippen molar-refractivity contribution in [3.05, 3.63) is 75.4 Å². The Kier molecular flexibility index (Phi) is 5.43. The van der Waals surface area contributed by atoms with E-state index in [0.29, 0.717) is 33.2 Å². The fourth-order valence-electron chi connectivity index (χ4n) is 2.85. The molecule has 2 N–H and O–H groups in total. The normalized spacial score (nSPS) is 12.0. The minimum absolute atomic E-state index is 0.235. The van der Waals surface area contributed by atoms with Gasteiger partial charge in [0.05, 0.1) is 28.9 Å². The molecule has 0 saturated heterocycles. The highest BCUT2D eigenvalue weighted by Gasteiger charge is 2.19. The predicted octanol–water partition coefficient (Wildman–Crippen LogP) is 3.82. The van der Waals surface area contributed by atoms with E-state index >= 15 is 0 Å². The lowest BCUT2D eigenvalue weighted by molar-refractivity contribution is -0.122. The number of aromatic amines is 1. The molecule has 0 saturated carbocycles. The van der Waals surface area contributed by atoms with Crippen LogP contribution in [0.1, 0.15) is 6.92 Å². The Labute approximate surface area is 180 Å². The summed E-state index contributed by atoms with van der Waals surface area (Å²) in [5.41, 5.74) is 1.10. The number of anilines is 1. The van der Waals surface area contributed by atoms with Gasteiger partial charge in [-0.3, -0.25) is 9.59 Å². The number of nitrogens with one attached hydrogen (secondary N) is 2. The highest BCUT2D eigenvalue weighted by molar-refractivity contribution is 6.42. The second-order valence-electron chi connectivity index (χ2n) is 6.34. The van der Waals surface area contributed by atoms with Crippen molar-refractivity contribution >= 4 is 45.8 Å². The molecule has 2 aromatic carbocycles. The summed E-state index contributed by atoms with van der Waals surface area (Å²) in [5.74, 6) is -0.0950. The lowest BCUT2D eigenvalue weighted by Gasteiger charge is -2.17. The lowest BCUT2D eigenvalue weighted by atomic mass is 10.2. The van der Waals surface area contributed by atoms with Gasteiger partial charge in [-0.15, -0.1) is 0 Å². The molecule has 152 valence electrons. The molecule has 0 spiro atoms. The second-order valence-corrected chi connectivity index (χ2v) is 7.13. The number of benzene rings is 2. The van der Waals surface area contributed by atoms with Gasteiger partial charge in [0.1, 0.15) is 16.2 Å². The highest BCUT2D eigenvalue weighted by atomic mass is 35.5. The zero-order valence-electron chi connectivity index (χ0n) is 15.6. The molecule has 4 aromatic rings. The number of rotatable bonds is 5. The van der Waals surface area contributed by atoms with Gasteiger partial charge < -0.3 is 15.0 Å². The van der Waals surface area contributed by atoms with Gasteiger partial charge in [0.25, 0.3) is 11.5 Å². The molecule has 1 atom stereocenters. The van der Waals surface area contributed by atoms with Crippen molar-refractivity contribution in [1.82, 2.24) is 19.7 Å². The summed E-state index contributed by atoms with van der Waals surface area (Å²) in [5, 5.41) is 7.97. The minimum Gasteiger partial charge on any atom is -0.479 e. The number of para-hydroxylation sites is 2.